The van der Waals surface area contributed by atoms with Crippen molar-refractivity contribution in [3.8, 4) is 0 Å². The average Bonchev–Trinajstić information content (AvgIpc) is 3.16. The zero-order valence-electron chi connectivity index (χ0n) is 16.5. The summed E-state index contributed by atoms with van der Waals surface area (Å²) >= 11 is 4.51. The molecule has 0 aliphatic heterocycles. The molecule has 0 spiro atoms. The SMILES string of the molecule is Cc1sc2ncnc(SCC(=O)Nc3sc4c(c3C(N)=O)CC[C@@H](C)C4)c2c1C. The first-order chi connectivity index (χ1) is 13.8. The van der Waals surface area contributed by atoms with Gasteiger partial charge in [-0.3, -0.25) is 9.59 Å². The maximum Gasteiger partial charge on any atom is 0.251 e. The number of rotatable bonds is 5. The number of anilines is 1. The molecule has 3 aromatic rings. The van der Waals surface area contributed by atoms with Crippen molar-refractivity contribution in [2.24, 2.45) is 11.7 Å². The van der Waals surface area contributed by atoms with Crippen LogP contribution < -0.4 is 11.1 Å². The minimum atomic E-state index is -0.470. The predicted molar refractivity (Wildman–Crippen MR) is 120 cm³/mol. The molecular formula is C20H22N4O2S3. The molecule has 0 fully saturated rings. The van der Waals surface area contributed by atoms with E-state index in [9.17, 15) is 9.59 Å². The molecule has 0 aromatic carbocycles. The fourth-order valence-corrected chi connectivity index (χ4v) is 7.01. The lowest BCUT2D eigenvalue weighted by molar-refractivity contribution is -0.113. The van der Waals surface area contributed by atoms with Gasteiger partial charge in [-0.1, -0.05) is 18.7 Å². The molecule has 3 N–H and O–H groups in total. The highest BCUT2D eigenvalue weighted by molar-refractivity contribution is 8.00. The normalized spacial score (nSPS) is 16.0. The Morgan fingerprint density at radius 1 is 1.31 bits per heavy atom. The van der Waals surface area contributed by atoms with Crippen LogP contribution in [0.25, 0.3) is 10.2 Å². The lowest BCUT2D eigenvalue weighted by atomic mass is 9.88. The highest BCUT2D eigenvalue weighted by Crippen LogP contribution is 2.40. The number of nitrogens with two attached hydrogens (primary N) is 1. The molecule has 29 heavy (non-hydrogen) atoms. The van der Waals surface area contributed by atoms with Crippen molar-refractivity contribution in [2.75, 3.05) is 11.1 Å². The molecule has 0 bridgehead atoms. The van der Waals surface area contributed by atoms with Gasteiger partial charge in [-0.25, -0.2) is 9.97 Å². The Morgan fingerprint density at radius 3 is 2.86 bits per heavy atom. The second-order valence-electron chi connectivity index (χ2n) is 7.40. The molecule has 3 aromatic heterocycles. The Kier molecular flexibility index (Phi) is 5.63. The van der Waals surface area contributed by atoms with E-state index in [1.54, 1.807) is 11.3 Å². The molecule has 0 unspecified atom stereocenters. The number of carbonyl (C=O) groups is 2. The Morgan fingerprint density at radius 2 is 2.10 bits per heavy atom. The molecule has 3 heterocycles. The summed E-state index contributed by atoms with van der Waals surface area (Å²) in [6.45, 7) is 6.32. The first kappa shape index (κ1) is 20.3. The molecule has 4 rings (SSSR count). The summed E-state index contributed by atoms with van der Waals surface area (Å²) in [4.78, 5) is 36.7. The van der Waals surface area contributed by atoms with Crippen LogP contribution in [-0.2, 0) is 17.6 Å². The summed E-state index contributed by atoms with van der Waals surface area (Å²) in [5.41, 5.74) is 8.30. The van der Waals surface area contributed by atoms with Crippen LogP contribution in [0.3, 0.4) is 0 Å². The highest BCUT2D eigenvalue weighted by Gasteiger charge is 2.27. The number of nitrogens with zero attached hydrogens (tertiary/aromatic N) is 2. The smallest absolute Gasteiger partial charge is 0.251 e. The van der Waals surface area contributed by atoms with Crippen molar-refractivity contribution in [3.63, 3.8) is 0 Å². The van der Waals surface area contributed by atoms with E-state index < -0.39 is 5.91 Å². The van der Waals surface area contributed by atoms with Crippen LogP contribution in [-0.4, -0.2) is 27.5 Å². The van der Waals surface area contributed by atoms with Crippen LogP contribution >= 0.6 is 34.4 Å². The summed E-state index contributed by atoms with van der Waals surface area (Å²) in [7, 11) is 0. The van der Waals surface area contributed by atoms with Gasteiger partial charge in [-0.05, 0) is 50.2 Å². The van der Waals surface area contributed by atoms with Crippen molar-refractivity contribution in [3.05, 3.63) is 32.8 Å². The topological polar surface area (TPSA) is 98.0 Å². The number of hydrogen-bond acceptors (Lipinski definition) is 7. The number of carbonyl (C=O) groups excluding carboxylic acids is 2. The van der Waals surface area contributed by atoms with E-state index in [4.69, 9.17) is 5.73 Å². The molecule has 1 aliphatic carbocycles. The Hall–Kier alpha value is -1.97. The van der Waals surface area contributed by atoms with Gasteiger partial charge in [0.1, 0.15) is 21.2 Å². The van der Waals surface area contributed by atoms with Crippen LogP contribution in [0.1, 0.15) is 44.6 Å². The van der Waals surface area contributed by atoms with Crippen LogP contribution in [0.15, 0.2) is 11.4 Å². The van der Waals surface area contributed by atoms with Gasteiger partial charge < -0.3 is 11.1 Å². The lowest BCUT2D eigenvalue weighted by Crippen LogP contribution is -2.20. The zero-order valence-corrected chi connectivity index (χ0v) is 18.9. The molecule has 0 radical (unpaired) electrons. The Labute approximate surface area is 181 Å². The molecule has 152 valence electrons. The molecular weight excluding hydrogens is 424 g/mol. The summed E-state index contributed by atoms with van der Waals surface area (Å²) in [5.74, 6) is 0.151. The summed E-state index contributed by atoms with van der Waals surface area (Å²) < 4.78 is 0. The van der Waals surface area contributed by atoms with Crippen molar-refractivity contribution in [2.45, 2.75) is 45.1 Å². The van der Waals surface area contributed by atoms with E-state index in [2.05, 4.69) is 36.1 Å². The quantitative estimate of drug-likeness (QED) is 0.449. The Balaban J connectivity index is 1.52. The lowest BCUT2D eigenvalue weighted by Gasteiger charge is -2.18. The van der Waals surface area contributed by atoms with Gasteiger partial charge >= 0.3 is 0 Å². The zero-order chi connectivity index (χ0) is 20.7. The molecule has 0 saturated carbocycles. The van der Waals surface area contributed by atoms with Crippen LogP contribution in [0.2, 0.25) is 0 Å². The number of aromatic nitrogens is 2. The second-order valence-corrected chi connectivity index (χ2v) is 10.7. The number of thioether (sulfide) groups is 1. The minimum Gasteiger partial charge on any atom is -0.365 e. The fourth-order valence-electron chi connectivity index (χ4n) is 3.66. The van der Waals surface area contributed by atoms with E-state index in [0.29, 0.717) is 16.5 Å². The van der Waals surface area contributed by atoms with Crippen LogP contribution in [0.4, 0.5) is 5.00 Å². The van der Waals surface area contributed by atoms with Gasteiger partial charge in [0.25, 0.3) is 5.91 Å². The molecule has 1 aliphatic rings. The monoisotopic (exact) mass is 446 g/mol. The van der Waals surface area contributed by atoms with Gasteiger partial charge in [0.15, 0.2) is 0 Å². The van der Waals surface area contributed by atoms with Crippen LogP contribution in [0.5, 0.6) is 0 Å². The van der Waals surface area contributed by atoms with E-state index in [-0.39, 0.29) is 11.7 Å². The Bertz CT molecular complexity index is 1120. The van der Waals surface area contributed by atoms with E-state index >= 15 is 0 Å². The van der Waals surface area contributed by atoms with Crippen molar-refractivity contribution < 1.29 is 9.59 Å². The number of primary amides is 1. The third kappa shape index (κ3) is 3.91. The van der Waals surface area contributed by atoms with E-state index in [1.165, 1.54) is 39.2 Å². The molecule has 2 amide bonds. The molecule has 9 heteroatoms. The van der Waals surface area contributed by atoms with Crippen molar-refractivity contribution in [1.29, 1.82) is 0 Å². The largest absolute Gasteiger partial charge is 0.365 e. The van der Waals surface area contributed by atoms with E-state index in [1.807, 2.05) is 0 Å². The first-order valence-corrected chi connectivity index (χ1v) is 12.0. The molecule has 0 saturated heterocycles. The summed E-state index contributed by atoms with van der Waals surface area (Å²) in [6.07, 6.45) is 4.35. The van der Waals surface area contributed by atoms with Crippen LogP contribution in [0, 0.1) is 19.8 Å². The fraction of sp³-hybridized carbons (Fsp3) is 0.400. The summed E-state index contributed by atoms with van der Waals surface area (Å²) in [6, 6.07) is 0. The van der Waals surface area contributed by atoms with Crippen molar-refractivity contribution in [1.82, 2.24) is 9.97 Å². The third-order valence-electron chi connectivity index (χ3n) is 5.28. The number of amides is 2. The number of fused-ring (bicyclic) bond motifs is 2. The number of thiophene rings is 2. The molecule has 1 atom stereocenters. The van der Waals surface area contributed by atoms with Gasteiger partial charge in [-0.2, -0.15) is 0 Å². The van der Waals surface area contributed by atoms with Gasteiger partial charge in [0, 0.05) is 15.1 Å². The number of hydrogen-bond donors (Lipinski definition) is 2. The second kappa shape index (κ2) is 8.04. The van der Waals surface area contributed by atoms with E-state index in [0.717, 1.165) is 45.6 Å². The first-order valence-electron chi connectivity index (χ1n) is 9.42. The van der Waals surface area contributed by atoms with Gasteiger partial charge in [0.2, 0.25) is 5.91 Å². The number of nitrogens with one attached hydrogen (secondary N) is 1. The maximum absolute atomic E-state index is 12.6. The van der Waals surface area contributed by atoms with Crippen molar-refractivity contribution >= 4 is 61.5 Å². The van der Waals surface area contributed by atoms with Gasteiger partial charge in [0.05, 0.1) is 11.3 Å². The minimum absolute atomic E-state index is 0.166. The highest BCUT2D eigenvalue weighted by atomic mass is 32.2. The predicted octanol–water partition coefficient (Wildman–Crippen LogP) is 4.32. The number of aryl methyl sites for hydroxylation is 2. The standard InChI is InChI=1S/C20H22N4O2S3/c1-9-4-5-12-13(6-9)29-20(16(12)17(21)26)24-14(25)7-27-18-15-10(2)11(3)28-19(15)23-8-22-18/h8-9H,4-7H2,1-3H3,(H2,21,26)(H,24,25)/t9-/m1/s1. The average molecular weight is 447 g/mol. The maximum atomic E-state index is 12.6. The summed E-state index contributed by atoms with van der Waals surface area (Å²) in [5, 5.41) is 5.33. The third-order valence-corrected chi connectivity index (χ3v) is 8.56. The molecule has 6 nitrogen and oxygen atoms in total. The van der Waals surface area contributed by atoms with Gasteiger partial charge in [-0.15, -0.1) is 22.7 Å².